The summed E-state index contributed by atoms with van der Waals surface area (Å²) in [5.41, 5.74) is 3.13. The third-order valence-electron chi connectivity index (χ3n) is 4.49. The fourth-order valence-electron chi connectivity index (χ4n) is 3.08. The summed E-state index contributed by atoms with van der Waals surface area (Å²) in [5.74, 6) is 0. The van der Waals surface area contributed by atoms with Gasteiger partial charge in [0, 0.05) is 37.2 Å². The quantitative estimate of drug-likeness (QED) is 0.863. The molecule has 1 unspecified atom stereocenters. The highest BCUT2D eigenvalue weighted by atomic mass is 35.5. The Balaban J connectivity index is 1.64. The van der Waals surface area contributed by atoms with Crippen LogP contribution in [0.15, 0.2) is 48.5 Å². The number of hydrogen-bond donors (Lipinski definition) is 1. The second kappa shape index (κ2) is 8.98. The normalized spacial score (nSPS) is 16.3. The SMILES string of the molecule is N#Cc1ccc(CNCC(c2ccc(Cl)cc2)N2CCOCC2)cc1. The van der Waals surface area contributed by atoms with Crippen molar-refractivity contribution >= 4 is 11.6 Å². The van der Waals surface area contributed by atoms with E-state index in [1.54, 1.807) is 0 Å². The van der Waals surface area contributed by atoms with Crippen molar-refractivity contribution in [3.05, 3.63) is 70.2 Å². The fourth-order valence-corrected chi connectivity index (χ4v) is 3.21. The van der Waals surface area contributed by atoms with E-state index in [-0.39, 0.29) is 0 Å². The summed E-state index contributed by atoms with van der Waals surface area (Å²) < 4.78 is 5.49. The largest absolute Gasteiger partial charge is 0.379 e. The van der Waals surface area contributed by atoms with Gasteiger partial charge in [0.15, 0.2) is 0 Å². The molecule has 2 aromatic carbocycles. The lowest BCUT2D eigenvalue weighted by molar-refractivity contribution is 0.0161. The molecule has 3 rings (SSSR count). The first-order valence-electron chi connectivity index (χ1n) is 8.53. The molecule has 2 aromatic rings. The number of benzene rings is 2. The Morgan fingerprint density at radius 1 is 1.08 bits per heavy atom. The van der Waals surface area contributed by atoms with Crippen molar-refractivity contribution in [2.45, 2.75) is 12.6 Å². The van der Waals surface area contributed by atoms with Crippen molar-refractivity contribution in [2.75, 3.05) is 32.8 Å². The maximum atomic E-state index is 8.88. The molecule has 0 amide bonds. The highest BCUT2D eigenvalue weighted by molar-refractivity contribution is 6.30. The van der Waals surface area contributed by atoms with Gasteiger partial charge in [-0.05, 0) is 35.4 Å². The molecule has 25 heavy (non-hydrogen) atoms. The number of halogens is 1. The van der Waals surface area contributed by atoms with E-state index in [0.717, 1.165) is 44.4 Å². The van der Waals surface area contributed by atoms with Crippen LogP contribution in [0.3, 0.4) is 0 Å². The Bertz CT molecular complexity index is 703. The molecular formula is C20H22ClN3O. The molecule has 1 fully saturated rings. The third-order valence-corrected chi connectivity index (χ3v) is 4.74. The van der Waals surface area contributed by atoms with Crippen molar-refractivity contribution in [1.29, 1.82) is 5.26 Å². The Labute approximate surface area is 154 Å². The summed E-state index contributed by atoms with van der Waals surface area (Å²) in [4.78, 5) is 2.46. The summed E-state index contributed by atoms with van der Waals surface area (Å²) in [6.07, 6.45) is 0. The van der Waals surface area contributed by atoms with Crippen LogP contribution in [0, 0.1) is 11.3 Å². The predicted molar refractivity (Wildman–Crippen MR) is 99.4 cm³/mol. The summed E-state index contributed by atoms with van der Waals surface area (Å²) >= 11 is 6.04. The Hall–Kier alpha value is -1.90. The lowest BCUT2D eigenvalue weighted by Gasteiger charge is -2.35. The number of nitrogens with one attached hydrogen (secondary N) is 1. The molecule has 130 valence electrons. The van der Waals surface area contributed by atoms with E-state index in [0.29, 0.717) is 11.6 Å². The van der Waals surface area contributed by atoms with Crippen LogP contribution in [0.25, 0.3) is 0 Å². The van der Waals surface area contributed by atoms with E-state index >= 15 is 0 Å². The second-order valence-corrected chi connectivity index (χ2v) is 6.59. The Kier molecular flexibility index (Phi) is 6.43. The average Bonchev–Trinajstić information content (AvgIpc) is 2.67. The van der Waals surface area contributed by atoms with Crippen molar-refractivity contribution in [1.82, 2.24) is 10.2 Å². The van der Waals surface area contributed by atoms with Crippen LogP contribution >= 0.6 is 11.6 Å². The first kappa shape index (κ1) is 17.9. The number of rotatable bonds is 6. The summed E-state index contributed by atoms with van der Waals surface area (Å²) in [6.45, 7) is 5.05. The minimum atomic E-state index is 0.291. The molecule has 0 aromatic heterocycles. The van der Waals surface area contributed by atoms with Gasteiger partial charge in [0.05, 0.1) is 24.8 Å². The van der Waals surface area contributed by atoms with E-state index in [2.05, 4.69) is 28.4 Å². The smallest absolute Gasteiger partial charge is 0.0991 e. The van der Waals surface area contributed by atoms with Gasteiger partial charge < -0.3 is 10.1 Å². The number of morpholine rings is 1. The van der Waals surface area contributed by atoms with Crippen molar-refractivity contribution in [2.24, 2.45) is 0 Å². The van der Waals surface area contributed by atoms with Gasteiger partial charge in [-0.2, -0.15) is 5.26 Å². The van der Waals surface area contributed by atoms with Gasteiger partial charge in [0.25, 0.3) is 0 Å². The van der Waals surface area contributed by atoms with Gasteiger partial charge in [-0.25, -0.2) is 0 Å². The van der Waals surface area contributed by atoms with Crippen molar-refractivity contribution in [3.63, 3.8) is 0 Å². The zero-order chi connectivity index (χ0) is 17.5. The van der Waals surface area contributed by atoms with Gasteiger partial charge in [-0.15, -0.1) is 0 Å². The molecule has 0 saturated carbocycles. The predicted octanol–water partition coefficient (Wildman–Crippen LogP) is 3.37. The van der Waals surface area contributed by atoms with Crippen LogP contribution in [-0.2, 0) is 11.3 Å². The van der Waals surface area contributed by atoms with Crippen molar-refractivity contribution in [3.8, 4) is 6.07 Å². The van der Waals surface area contributed by atoms with Gasteiger partial charge in [-0.3, -0.25) is 4.90 Å². The highest BCUT2D eigenvalue weighted by Crippen LogP contribution is 2.23. The lowest BCUT2D eigenvalue weighted by Crippen LogP contribution is -2.42. The number of nitriles is 1. The molecule has 0 radical (unpaired) electrons. The Morgan fingerprint density at radius 2 is 1.76 bits per heavy atom. The van der Waals surface area contributed by atoms with Crippen LogP contribution in [-0.4, -0.2) is 37.7 Å². The highest BCUT2D eigenvalue weighted by Gasteiger charge is 2.22. The summed E-state index contributed by atoms with van der Waals surface area (Å²) in [5, 5.41) is 13.2. The standard InChI is InChI=1S/C20H22ClN3O/c21-19-7-5-18(6-8-19)20(24-9-11-25-12-10-24)15-23-14-17-3-1-16(13-22)2-4-17/h1-8,20,23H,9-12,14-15H2. The van der Waals surface area contributed by atoms with Gasteiger partial charge in [-0.1, -0.05) is 35.9 Å². The molecule has 0 bridgehead atoms. The molecule has 1 atom stereocenters. The van der Waals surface area contributed by atoms with E-state index in [9.17, 15) is 0 Å². The van der Waals surface area contributed by atoms with E-state index in [1.807, 2.05) is 36.4 Å². The molecule has 1 aliphatic heterocycles. The minimum Gasteiger partial charge on any atom is -0.379 e. The van der Waals surface area contributed by atoms with Crippen LogP contribution in [0.4, 0.5) is 0 Å². The van der Waals surface area contributed by atoms with E-state index in [4.69, 9.17) is 21.6 Å². The number of hydrogen-bond acceptors (Lipinski definition) is 4. The maximum Gasteiger partial charge on any atom is 0.0991 e. The first-order chi connectivity index (χ1) is 12.3. The average molecular weight is 356 g/mol. The van der Waals surface area contributed by atoms with E-state index in [1.165, 1.54) is 11.1 Å². The van der Waals surface area contributed by atoms with Crippen LogP contribution in [0.1, 0.15) is 22.7 Å². The molecule has 1 saturated heterocycles. The molecule has 1 heterocycles. The molecule has 0 spiro atoms. The number of ether oxygens (including phenoxy) is 1. The first-order valence-corrected chi connectivity index (χ1v) is 8.91. The topological polar surface area (TPSA) is 48.3 Å². The molecule has 1 N–H and O–H groups in total. The summed E-state index contributed by atoms with van der Waals surface area (Å²) in [7, 11) is 0. The summed E-state index contributed by atoms with van der Waals surface area (Å²) in [6, 6.07) is 18.3. The van der Waals surface area contributed by atoms with Gasteiger partial charge >= 0.3 is 0 Å². The van der Waals surface area contributed by atoms with Crippen LogP contribution in [0.2, 0.25) is 5.02 Å². The van der Waals surface area contributed by atoms with Gasteiger partial charge in [0.2, 0.25) is 0 Å². The monoisotopic (exact) mass is 355 g/mol. The molecular weight excluding hydrogens is 334 g/mol. The Morgan fingerprint density at radius 3 is 2.40 bits per heavy atom. The van der Waals surface area contributed by atoms with Crippen LogP contribution in [0.5, 0.6) is 0 Å². The van der Waals surface area contributed by atoms with Gasteiger partial charge in [0.1, 0.15) is 0 Å². The number of nitrogens with zero attached hydrogens (tertiary/aromatic N) is 2. The van der Waals surface area contributed by atoms with Crippen LogP contribution < -0.4 is 5.32 Å². The van der Waals surface area contributed by atoms with Crippen molar-refractivity contribution < 1.29 is 4.74 Å². The third kappa shape index (κ3) is 5.04. The molecule has 4 nitrogen and oxygen atoms in total. The van der Waals surface area contributed by atoms with E-state index < -0.39 is 0 Å². The maximum absolute atomic E-state index is 8.88. The molecule has 5 heteroatoms. The molecule has 1 aliphatic rings. The zero-order valence-corrected chi connectivity index (χ0v) is 14.9. The molecule has 0 aliphatic carbocycles. The lowest BCUT2D eigenvalue weighted by atomic mass is 10.0. The second-order valence-electron chi connectivity index (χ2n) is 6.16. The minimum absolute atomic E-state index is 0.291. The zero-order valence-electron chi connectivity index (χ0n) is 14.1. The fraction of sp³-hybridized carbons (Fsp3) is 0.350.